The Kier molecular flexibility index (Phi) is 3.71. The number of allylic oxidation sites excluding steroid dienone is 3. The maximum atomic E-state index is 13.0. The molecule has 0 radical (unpaired) electrons. The van der Waals surface area contributed by atoms with E-state index in [1.165, 1.54) is 27.7 Å². The minimum absolute atomic E-state index is 0.187. The van der Waals surface area contributed by atoms with Crippen molar-refractivity contribution >= 4 is 21.6 Å². The monoisotopic (exact) mass is 256 g/mol. The topological polar surface area (TPSA) is 0 Å². The molecule has 84 valence electrons. The summed E-state index contributed by atoms with van der Waals surface area (Å²) in [6.07, 6.45) is 4.12. The fourth-order valence-electron chi connectivity index (χ4n) is 1.27. The van der Waals surface area contributed by atoms with Gasteiger partial charge in [-0.3, -0.25) is 0 Å². The first-order valence-electron chi connectivity index (χ1n) is 4.82. The standard InChI is InChI=1S/C12H10F2S2/c13-12(14)8-4-7-11(9-12)16-15-10-5-2-1-3-6-10/h1-7,9H,8H2. The summed E-state index contributed by atoms with van der Waals surface area (Å²) < 4.78 is 26.1. The van der Waals surface area contributed by atoms with Crippen LogP contribution in [0.2, 0.25) is 0 Å². The fourth-order valence-corrected chi connectivity index (χ4v) is 3.33. The van der Waals surface area contributed by atoms with Crippen LogP contribution in [0.1, 0.15) is 6.42 Å². The van der Waals surface area contributed by atoms with E-state index in [4.69, 9.17) is 0 Å². The van der Waals surface area contributed by atoms with Gasteiger partial charge < -0.3 is 0 Å². The van der Waals surface area contributed by atoms with Crippen LogP contribution < -0.4 is 0 Å². The van der Waals surface area contributed by atoms with Gasteiger partial charge in [-0.2, -0.15) is 0 Å². The van der Waals surface area contributed by atoms with E-state index in [9.17, 15) is 8.78 Å². The quantitative estimate of drug-likeness (QED) is 0.705. The fraction of sp³-hybridized carbons (Fsp3) is 0.167. The molecule has 0 amide bonds. The molecule has 0 N–H and O–H groups in total. The Morgan fingerprint density at radius 3 is 2.50 bits per heavy atom. The summed E-state index contributed by atoms with van der Waals surface area (Å²) >= 11 is 0. The number of hydrogen-bond donors (Lipinski definition) is 0. The smallest absolute Gasteiger partial charge is 0.202 e. The highest BCUT2D eigenvalue weighted by Gasteiger charge is 2.27. The lowest BCUT2D eigenvalue weighted by molar-refractivity contribution is 0.0573. The number of rotatable bonds is 3. The van der Waals surface area contributed by atoms with E-state index in [0.29, 0.717) is 4.91 Å². The third kappa shape index (κ3) is 3.39. The zero-order chi connectivity index (χ0) is 11.4. The molecule has 0 saturated carbocycles. The average molecular weight is 256 g/mol. The van der Waals surface area contributed by atoms with E-state index in [1.54, 1.807) is 6.08 Å². The van der Waals surface area contributed by atoms with Crippen LogP contribution in [-0.4, -0.2) is 5.92 Å². The molecule has 0 heterocycles. The lowest BCUT2D eigenvalue weighted by Gasteiger charge is -2.14. The predicted molar refractivity (Wildman–Crippen MR) is 66.7 cm³/mol. The molecule has 4 heteroatoms. The molecule has 16 heavy (non-hydrogen) atoms. The molecule has 0 atom stereocenters. The molecule has 0 bridgehead atoms. The Bertz CT molecular complexity index is 410. The van der Waals surface area contributed by atoms with Crippen LogP contribution in [0.15, 0.2) is 58.4 Å². The van der Waals surface area contributed by atoms with E-state index in [1.807, 2.05) is 30.3 Å². The summed E-state index contributed by atoms with van der Waals surface area (Å²) in [5.41, 5.74) is 0. The van der Waals surface area contributed by atoms with Gasteiger partial charge in [-0.05, 0) is 18.2 Å². The first kappa shape index (κ1) is 11.7. The molecule has 2 rings (SSSR count). The second-order valence-corrected chi connectivity index (χ2v) is 5.67. The van der Waals surface area contributed by atoms with Gasteiger partial charge in [-0.15, -0.1) is 0 Å². The summed E-state index contributed by atoms with van der Waals surface area (Å²) in [5.74, 6) is -2.69. The minimum atomic E-state index is -2.69. The SMILES string of the molecule is FC1(F)C=C(SSc2ccccc2)C=CC1. The van der Waals surface area contributed by atoms with Gasteiger partial charge in [0.05, 0.1) is 0 Å². The van der Waals surface area contributed by atoms with E-state index in [2.05, 4.69) is 0 Å². The van der Waals surface area contributed by atoms with Crippen molar-refractivity contribution in [2.75, 3.05) is 0 Å². The largest absolute Gasteiger partial charge is 0.271 e. The maximum Gasteiger partial charge on any atom is 0.271 e. The first-order chi connectivity index (χ1) is 7.66. The minimum Gasteiger partial charge on any atom is -0.202 e. The third-order valence-corrected chi connectivity index (χ3v) is 4.40. The molecule has 0 nitrogen and oxygen atoms in total. The molecule has 1 aromatic rings. The Morgan fingerprint density at radius 1 is 1.06 bits per heavy atom. The lowest BCUT2D eigenvalue weighted by atomic mass is 10.1. The highest BCUT2D eigenvalue weighted by Crippen LogP contribution is 2.41. The Labute approximate surface area is 101 Å². The Hall–Kier alpha value is -0.740. The summed E-state index contributed by atoms with van der Waals surface area (Å²) in [6, 6.07) is 9.72. The van der Waals surface area contributed by atoms with E-state index in [-0.39, 0.29) is 6.42 Å². The van der Waals surface area contributed by atoms with Gasteiger partial charge >= 0.3 is 0 Å². The van der Waals surface area contributed by atoms with Crippen molar-refractivity contribution in [3.63, 3.8) is 0 Å². The van der Waals surface area contributed by atoms with Gasteiger partial charge in [0.1, 0.15) is 0 Å². The number of benzene rings is 1. The summed E-state index contributed by atoms with van der Waals surface area (Å²) in [6.45, 7) is 0. The molecule has 1 aromatic carbocycles. The van der Waals surface area contributed by atoms with Gasteiger partial charge in [0, 0.05) is 16.2 Å². The van der Waals surface area contributed by atoms with Crippen molar-refractivity contribution in [3.05, 3.63) is 53.5 Å². The molecular formula is C12H10F2S2. The average Bonchev–Trinajstić information content (AvgIpc) is 2.27. The number of alkyl halides is 2. The highest BCUT2D eigenvalue weighted by atomic mass is 33.1. The molecule has 1 aliphatic carbocycles. The highest BCUT2D eigenvalue weighted by molar-refractivity contribution is 8.78. The van der Waals surface area contributed by atoms with Crippen LogP contribution in [0, 0.1) is 0 Å². The van der Waals surface area contributed by atoms with Gasteiger partial charge in [-0.25, -0.2) is 8.78 Å². The molecule has 0 unspecified atom stereocenters. The van der Waals surface area contributed by atoms with Crippen molar-refractivity contribution in [3.8, 4) is 0 Å². The second kappa shape index (κ2) is 5.06. The van der Waals surface area contributed by atoms with Gasteiger partial charge in [0.15, 0.2) is 0 Å². The summed E-state index contributed by atoms with van der Waals surface area (Å²) in [7, 11) is 2.86. The zero-order valence-electron chi connectivity index (χ0n) is 8.40. The second-order valence-electron chi connectivity index (χ2n) is 3.39. The number of halogens is 2. The normalized spacial score (nSPS) is 18.2. The van der Waals surface area contributed by atoms with Crippen LogP contribution >= 0.6 is 21.6 Å². The summed E-state index contributed by atoms with van der Waals surface area (Å²) in [5, 5.41) is 0. The van der Waals surface area contributed by atoms with Gasteiger partial charge in [0.25, 0.3) is 5.92 Å². The molecule has 0 spiro atoms. The first-order valence-corrected chi connectivity index (χ1v) is 6.97. The van der Waals surface area contributed by atoms with Crippen LogP contribution in [0.4, 0.5) is 8.78 Å². The number of hydrogen-bond acceptors (Lipinski definition) is 2. The lowest BCUT2D eigenvalue weighted by Crippen LogP contribution is -2.12. The molecular weight excluding hydrogens is 246 g/mol. The Morgan fingerprint density at radius 2 is 1.81 bits per heavy atom. The van der Waals surface area contributed by atoms with Crippen LogP contribution in [0.25, 0.3) is 0 Å². The van der Waals surface area contributed by atoms with Crippen molar-refractivity contribution in [2.45, 2.75) is 17.2 Å². The van der Waals surface area contributed by atoms with Gasteiger partial charge in [-0.1, -0.05) is 51.9 Å². The molecule has 0 aliphatic heterocycles. The van der Waals surface area contributed by atoms with Crippen molar-refractivity contribution in [1.82, 2.24) is 0 Å². The molecule has 1 aliphatic rings. The Balaban J connectivity index is 1.96. The summed E-state index contributed by atoms with van der Waals surface area (Å²) in [4.78, 5) is 1.68. The van der Waals surface area contributed by atoms with Crippen molar-refractivity contribution in [2.24, 2.45) is 0 Å². The zero-order valence-corrected chi connectivity index (χ0v) is 10.0. The van der Waals surface area contributed by atoms with Crippen LogP contribution in [0.5, 0.6) is 0 Å². The van der Waals surface area contributed by atoms with E-state index < -0.39 is 5.92 Å². The van der Waals surface area contributed by atoms with Crippen molar-refractivity contribution < 1.29 is 8.78 Å². The third-order valence-electron chi connectivity index (χ3n) is 2.00. The predicted octanol–water partition coefficient (Wildman–Crippen LogP) is 4.91. The van der Waals surface area contributed by atoms with Crippen LogP contribution in [-0.2, 0) is 0 Å². The van der Waals surface area contributed by atoms with Gasteiger partial charge in [0.2, 0.25) is 0 Å². The van der Waals surface area contributed by atoms with Crippen molar-refractivity contribution in [1.29, 1.82) is 0 Å². The molecule has 0 saturated heterocycles. The molecule has 0 fully saturated rings. The molecule has 0 aromatic heterocycles. The van der Waals surface area contributed by atoms with Crippen LogP contribution in [0.3, 0.4) is 0 Å². The van der Waals surface area contributed by atoms with E-state index in [0.717, 1.165) is 11.0 Å². The maximum absolute atomic E-state index is 13.0. The van der Waals surface area contributed by atoms with E-state index >= 15 is 0 Å².